The van der Waals surface area contributed by atoms with Crippen molar-refractivity contribution in [3.63, 3.8) is 0 Å². The first kappa shape index (κ1) is 16.4. The fourth-order valence-corrected chi connectivity index (χ4v) is 3.22. The van der Waals surface area contributed by atoms with Crippen molar-refractivity contribution in [1.29, 1.82) is 0 Å². The van der Waals surface area contributed by atoms with E-state index in [4.69, 9.17) is 0 Å². The third kappa shape index (κ3) is 2.53. The lowest BCUT2D eigenvalue weighted by molar-refractivity contribution is -0.133. The lowest BCUT2D eigenvalue weighted by Crippen LogP contribution is -2.36. The van der Waals surface area contributed by atoms with E-state index in [1.54, 1.807) is 12.1 Å². The summed E-state index contributed by atoms with van der Waals surface area (Å²) in [5.41, 5.74) is 3.70. The Morgan fingerprint density at radius 1 is 1.04 bits per heavy atom. The van der Waals surface area contributed by atoms with Crippen LogP contribution in [0.3, 0.4) is 0 Å². The molecule has 2 aromatic carbocycles. The largest absolute Gasteiger partial charge is 0.375 e. The van der Waals surface area contributed by atoms with E-state index in [1.165, 1.54) is 0 Å². The molecule has 4 nitrogen and oxygen atoms in total. The topological polar surface area (TPSA) is 66.4 Å². The number of benzene rings is 2. The Labute approximate surface area is 141 Å². The van der Waals surface area contributed by atoms with Crippen LogP contribution in [0.15, 0.2) is 30.3 Å². The molecule has 0 saturated heterocycles. The molecular formula is C20H21NO3. The van der Waals surface area contributed by atoms with Gasteiger partial charge in [0.25, 0.3) is 5.91 Å². The zero-order valence-corrected chi connectivity index (χ0v) is 14.4. The average Bonchev–Trinajstić information content (AvgIpc) is 2.74. The molecule has 0 unspecified atom stereocenters. The molecule has 1 atom stereocenters. The van der Waals surface area contributed by atoms with Gasteiger partial charge in [-0.3, -0.25) is 9.59 Å². The van der Waals surface area contributed by atoms with Gasteiger partial charge < -0.3 is 10.4 Å². The number of rotatable bonds is 3. The summed E-state index contributed by atoms with van der Waals surface area (Å²) in [5.74, 6) is -0.777. The molecule has 1 heterocycles. The molecule has 124 valence electrons. The number of hydrogen-bond acceptors (Lipinski definition) is 3. The molecule has 0 aliphatic carbocycles. The number of amides is 1. The lowest BCUT2D eigenvalue weighted by atomic mass is 9.86. The minimum Gasteiger partial charge on any atom is -0.375 e. The third-order valence-electron chi connectivity index (χ3n) is 4.80. The Hall–Kier alpha value is -2.46. The van der Waals surface area contributed by atoms with Crippen molar-refractivity contribution < 1.29 is 14.7 Å². The molecular weight excluding hydrogens is 302 g/mol. The molecule has 0 fully saturated rings. The van der Waals surface area contributed by atoms with Crippen molar-refractivity contribution in [2.45, 2.75) is 39.7 Å². The number of carbonyl (C=O) groups is 2. The fraction of sp³-hybridized carbons (Fsp3) is 0.300. The third-order valence-corrected chi connectivity index (χ3v) is 4.80. The zero-order chi connectivity index (χ0) is 17.6. The summed E-state index contributed by atoms with van der Waals surface area (Å²) >= 11 is 0. The van der Waals surface area contributed by atoms with E-state index in [0.717, 1.165) is 22.3 Å². The van der Waals surface area contributed by atoms with Gasteiger partial charge in [-0.25, -0.2) is 0 Å². The van der Waals surface area contributed by atoms with Crippen molar-refractivity contribution in [1.82, 2.24) is 0 Å². The molecule has 0 aromatic heterocycles. The van der Waals surface area contributed by atoms with Gasteiger partial charge in [0.05, 0.1) is 6.42 Å². The summed E-state index contributed by atoms with van der Waals surface area (Å²) in [6.07, 6.45) is -0.265. The number of fused-ring (bicyclic) bond motifs is 1. The number of Topliss-reactive ketones (excluding diaryl/α,β-unsaturated/α-hetero) is 1. The van der Waals surface area contributed by atoms with E-state index in [1.807, 2.05) is 45.9 Å². The molecule has 1 aliphatic heterocycles. The van der Waals surface area contributed by atoms with E-state index < -0.39 is 11.5 Å². The summed E-state index contributed by atoms with van der Waals surface area (Å²) in [5, 5.41) is 13.6. The molecule has 24 heavy (non-hydrogen) atoms. The maximum Gasteiger partial charge on any atom is 0.261 e. The summed E-state index contributed by atoms with van der Waals surface area (Å²) in [6.45, 7) is 7.70. The van der Waals surface area contributed by atoms with Gasteiger partial charge >= 0.3 is 0 Å². The maximum atomic E-state index is 12.8. The van der Waals surface area contributed by atoms with Crippen molar-refractivity contribution in [2.24, 2.45) is 0 Å². The summed E-state index contributed by atoms with van der Waals surface area (Å²) in [4.78, 5) is 25.1. The molecule has 1 aliphatic rings. The highest BCUT2D eigenvalue weighted by Gasteiger charge is 2.46. The number of aliphatic hydroxyl groups is 1. The van der Waals surface area contributed by atoms with Crippen LogP contribution < -0.4 is 5.32 Å². The Bertz CT molecular complexity index is 869. The van der Waals surface area contributed by atoms with Crippen molar-refractivity contribution in [3.05, 3.63) is 63.7 Å². The van der Waals surface area contributed by atoms with Gasteiger partial charge in [-0.05, 0) is 56.5 Å². The van der Waals surface area contributed by atoms with Crippen molar-refractivity contribution in [2.75, 3.05) is 5.32 Å². The van der Waals surface area contributed by atoms with Gasteiger partial charge in [-0.2, -0.15) is 0 Å². The van der Waals surface area contributed by atoms with Crippen LogP contribution in [0.2, 0.25) is 0 Å². The molecule has 4 heteroatoms. The summed E-state index contributed by atoms with van der Waals surface area (Å²) in [6, 6.07) is 9.17. The number of ketones is 1. The van der Waals surface area contributed by atoms with E-state index in [-0.39, 0.29) is 12.2 Å². The first-order valence-corrected chi connectivity index (χ1v) is 7.98. The molecule has 0 spiro atoms. The van der Waals surface area contributed by atoms with Gasteiger partial charge in [0, 0.05) is 16.8 Å². The molecule has 1 amide bonds. The van der Waals surface area contributed by atoms with E-state index >= 15 is 0 Å². The number of aryl methyl sites for hydroxylation is 4. The number of hydrogen-bond donors (Lipinski definition) is 2. The second kappa shape index (κ2) is 5.56. The van der Waals surface area contributed by atoms with Crippen LogP contribution in [0, 0.1) is 27.7 Å². The van der Waals surface area contributed by atoms with Crippen LogP contribution in [-0.4, -0.2) is 16.8 Å². The predicted molar refractivity (Wildman–Crippen MR) is 93.3 cm³/mol. The van der Waals surface area contributed by atoms with E-state index in [9.17, 15) is 14.7 Å². The van der Waals surface area contributed by atoms with Crippen LogP contribution >= 0.6 is 0 Å². The maximum absolute atomic E-state index is 12.8. The Morgan fingerprint density at radius 3 is 2.42 bits per heavy atom. The van der Waals surface area contributed by atoms with Crippen molar-refractivity contribution >= 4 is 17.4 Å². The highest BCUT2D eigenvalue weighted by atomic mass is 16.3. The zero-order valence-electron chi connectivity index (χ0n) is 14.4. The molecule has 0 bridgehead atoms. The molecule has 0 radical (unpaired) electrons. The molecule has 2 aromatic rings. The SMILES string of the molecule is Cc1ccc2c(c1)[C@](O)(CC(=O)c1cc(C)c(C)cc1C)C(=O)N2. The van der Waals surface area contributed by atoms with Crippen LogP contribution in [0.5, 0.6) is 0 Å². The highest BCUT2D eigenvalue weighted by molar-refractivity contribution is 6.09. The Morgan fingerprint density at radius 2 is 1.71 bits per heavy atom. The minimum absolute atomic E-state index is 0.234. The quantitative estimate of drug-likeness (QED) is 0.852. The van der Waals surface area contributed by atoms with Crippen LogP contribution in [0.25, 0.3) is 0 Å². The first-order chi connectivity index (χ1) is 11.2. The first-order valence-electron chi connectivity index (χ1n) is 7.98. The van der Waals surface area contributed by atoms with Crippen LogP contribution in [0.4, 0.5) is 5.69 Å². The average molecular weight is 323 g/mol. The normalized spacial score (nSPS) is 19.1. The Kier molecular flexibility index (Phi) is 3.80. The number of nitrogens with one attached hydrogen (secondary N) is 1. The fourth-order valence-electron chi connectivity index (χ4n) is 3.22. The van der Waals surface area contributed by atoms with Crippen LogP contribution in [0.1, 0.15) is 44.6 Å². The summed E-state index contributed by atoms with van der Waals surface area (Å²) < 4.78 is 0. The number of carbonyl (C=O) groups excluding carboxylic acids is 2. The lowest BCUT2D eigenvalue weighted by Gasteiger charge is -2.21. The predicted octanol–water partition coefficient (Wildman–Crippen LogP) is 3.33. The second-order valence-electron chi connectivity index (χ2n) is 6.71. The van der Waals surface area contributed by atoms with Crippen molar-refractivity contribution in [3.8, 4) is 0 Å². The standard InChI is InChI=1S/C20H21NO3/c1-11-5-6-17-16(7-11)20(24,19(23)21-17)10-18(22)15-9-13(3)12(2)8-14(15)4/h5-9,24H,10H2,1-4H3,(H,21,23)/t20-/m1/s1. The van der Waals surface area contributed by atoms with Gasteiger partial charge in [0.15, 0.2) is 11.4 Å². The second-order valence-corrected chi connectivity index (χ2v) is 6.71. The van der Waals surface area contributed by atoms with Crippen LogP contribution in [-0.2, 0) is 10.4 Å². The van der Waals surface area contributed by atoms with E-state index in [0.29, 0.717) is 16.8 Å². The van der Waals surface area contributed by atoms with Gasteiger partial charge in [0.1, 0.15) is 0 Å². The Balaban J connectivity index is 1.99. The smallest absolute Gasteiger partial charge is 0.261 e. The van der Waals surface area contributed by atoms with E-state index in [2.05, 4.69) is 5.32 Å². The minimum atomic E-state index is -1.82. The molecule has 0 saturated carbocycles. The molecule has 2 N–H and O–H groups in total. The van der Waals surface area contributed by atoms with Gasteiger partial charge in [-0.1, -0.05) is 23.8 Å². The van der Waals surface area contributed by atoms with Gasteiger partial charge in [0.2, 0.25) is 0 Å². The number of anilines is 1. The molecule has 3 rings (SSSR count). The van der Waals surface area contributed by atoms with Gasteiger partial charge in [-0.15, -0.1) is 0 Å². The summed E-state index contributed by atoms with van der Waals surface area (Å²) in [7, 11) is 0. The highest BCUT2D eigenvalue weighted by Crippen LogP contribution is 2.39. The monoisotopic (exact) mass is 323 g/mol.